The van der Waals surface area contributed by atoms with Crippen molar-refractivity contribution in [3.8, 4) is 0 Å². The number of aliphatic hydroxyl groups is 1. The number of hydrogen-bond donors (Lipinski definition) is 1. The van der Waals surface area contributed by atoms with Gasteiger partial charge in [0.2, 0.25) is 0 Å². The molecule has 0 spiro atoms. The second-order valence-corrected chi connectivity index (χ2v) is 6.34. The molecule has 1 rings (SSSR count). The molecule has 0 amide bonds. The van der Waals surface area contributed by atoms with Crippen molar-refractivity contribution < 1.29 is 19.4 Å². The fraction of sp³-hybridized carbons (Fsp3) is 0.929. The predicted molar refractivity (Wildman–Crippen MR) is 68.9 cm³/mol. The minimum atomic E-state index is -1.08. The summed E-state index contributed by atoms with van der Waals surface area (Å²) in [6.45, 7) is 7.33. The Morgan fingerprint density at radius 3 is 2.00 bits per heavy atom. The number of ether oxygens (including phenoxy) is 2. The van der Waals surface area contributed by atoms with Crippen molar-refractivity contribution in [2.45, 2.75) is 64.8 Å². The number of methoxy groups -OCH3 is 1. The van der Waals surface area contributed by atoms with Crippen LogP contribution in [0.5, 0.6) is 0 Å². The van der Waals surface area contributed by atoms with Crippen LogP contribution in [0.2, 0.25) is 0 Å². The minimum Gasteiger partial charge on any atom is -0.460 e. The molecule has 1 saturated carbocycles. The molecule has 0 bridgehead atoms. The van der Waals surface area contributed by atoms with E-state index in [9.17, 15) is 9.90 Å². The maximum atomic E-state index is 11.9. The summed E-state index contributed by atoms with van der Waals surface area (Å²) >= 11 is 0. The Balaban J connectivity index is 2.47. The zero-order valence-corrected chi connectivity index (χ0v) is 12.2. The second kappa shape index (κ2) is 5.57. The number of rotatable bonds is 3. The van der Waals surface area contributed by atoms with Crippen LogP contribution in [0.1, 0.15) is 53.4 Å². The first-order valence-electron chi connectivity index (χ1n) is 6.66. The maximum Gasteiger partial charge on any atom is 0.309 e. The van der Waals surface area contributed by atoms with Crippen LogP contribution in [0.25, 0.3) is 0 Å². The van der Waals surface area contributed by atoms with Crippen LogP contribution in [-0.2, 0) is 14.3 Å². The molecule has 0 aromatic carbocycles. The average molecular weight is 258 g/mol. The van der Waals surface area contributed by atoms with Gasteiger partial charge in [-0.25, -0.2) is 0 Å². The molecule has 18 heavy (non-hydrogen) atoms. The zero-order valence-electron chi connectivity index (χ0n) is 12.2. The number of hydrogen-bond acceptors (Lipinski definition) is 4. The molecular formula is C14H26O4. The molecule has 0 aromatic heterocycles. The van der Waals surface area contributed by atoms with Gasteiger partial charge < -0.3 is 14.6 Å². The summed E-state index contributed by atoms with van der Waals surface area (Å²) in [7, 11) is 1.51. The fourth-order valence-electron chi connectivity index (χ4n) is 2.42. The number of esters is 1. The molecule has 4 heteroatoms. The van der Waals surface area contributed by atoms with Gasteiger partial charge in [0.15, 0.2) is 5.79 Å². The molecule has 1 fully saturated rings. The molecule has 1 unspecified atom stereocenters. The van der Waals surface area contributed by atoms with Crippen molar-refractivity contribution in [2.75, 3.05) is 7.11 Å². The van der Waals surface area contributed by atoms with Crippen LogP contribution >= 0.6 is 0 Å². The summed E-state index contributed by atoms with van der Waals surface area (Å²) in [6.07, 6.45) is 3.12. The third-order valence-electron chi connectivity index (χ3n) is 3.64. The Bertz CT molecular complexity index is 283. The lowest BCUT2D eigenvalue weighted by Gasteiger charge is -2.36. The van der Waals surface area contributed by atoms with Gasteiger partial charge in [-0.2, -0.15) is 0 Å². The standard InChI is InChI=1S/C14H26O4/c1-13(2,3)18-12(15)10-6-8-11(9-7-10)14(4,16)17-5/h10-11,16H,6-9H2,1-5H3. The van der Waals surface area contributed by atoms with Crippen molar-refractivity contribution in [2.24, 2.45) is 11.8 Å². The van der Waals surface area contributed by atoms with Gasteiger partial charge in [-0.05, 0) is 53.4 Å². The quantitative estimate of drug-likeness (QED) is 0.624. The van der Waals surface area contributed by atoms with Gasteiger partial charge in [0.05, 0.1) is 5.92 Å². The van der Waals surface area contributed by atoms with Gasteiger partial charge in [-0.3, -0.25) is 4.79 Å². The summed E-state index contributed by atoms with van der Waals surface area (Å²) in [4.78, 5) is 11.9. The predicted octanol–water partition coefficient (Wildman–Crippen LogP) is 2.49. The van der Waals surface area contributed by atoms with Crippen molar-refractivity contribution in [3.63, 3.8) is 0 Å². The van der Waals surface area contributed by atoms with Crippen LogP contribution in [0, 0.1) is 11.8 Å². The van der Waals surface area contributed by atoms with Crippen molar-refractivity contribution in [3.05, 3.63) is 0 Å². The topological polar surface area (TPSA) is 55.8 Å². The van der Waals surface area contributed by atoms with Gasteiger partial charge in [0.1, 0.15) is 5.60 Å². The van der Waals surface area contributed by atoms with Crippen LogP contribution in [0.3, 0.4) is 0 Å². The van der Waals surface area contributed by atoms with E-state index in [1.807, 2.05) is 20.8 Å². The zero-order chi connectivity index (χ0) is 14.0. The Morgan fingerprint density at radius 1 is 1.11 bits per heavy atom. The van der Waals surface area contributed by atoms with Crippen LogP contribution in [0.15, 0.2) is 0 Å². The van der Waals surface area contributed by atoms with Gasteiger partial charge in [-0.15, -0.1) is 0 Å². The molecule has 0 heterocycles. The molecule has 4 nitrogen and oxygen atoms in total. The third kappa shape index (κ3) is 4.25. The number of carbonyl (C=O) groups excluding carboxylic acids is 1. The molecule has 0 saturated heterocycles. The summed E-state index contributed by atoms with van der Waals surface area (Å²) < 4.78 is 10.5. The van der Waals surface area contributed by atoms with E-state index in [2.05, 4.69) is 0 Å². The van der Waals surface area contributed by atoms with E-state index in [0.717, 1.165) is 25.7 Å². The lowest BCUT2D eigenvalue weighted by molar-refractivity contribution is -0.216. The molecule has 0 radical (unpaired) electrons. The highest BCUT2D eigenvalue weighted by atomic mass is 16.6. The smallest absolute Gasteiger partial charge is 0.309 e. The Labute approximate surface area is 110 Å². The second-order valence-electron chi connectivity index (χ2n) is 6.34. The first kappa shape index (κ1) is 15.4. The number of carbonyl (C=O) groups is 1. The first-order chi connectivity index (χ1) is 8.15. The fourth-order valence-corrected chi connectivity index (χ4v) is 2.42. The van der Waals surface area contributed by atoms with E-state index in [1.54, 1.807) is 6.92 Å². The highest BCUT2D eigenvalue weighted by molar-refractivity contribution is 5.72. The van der Waals surface area contributed by atoms with Crippen molar-refractivity contribution >= 4 is 5.97 Å². The Kier molecular flexibility index (Phi) is 4.78. The van der Waals surface area contributed by atoms with Gasteiger partial charge in [0.25, 0.3) is 0 Å². The molecule has 1 aliphatic carbocycles. The van der Waals surface area contributed by atoms with E-state index >= 15 is 0 Å². The average Bonchev–Trinajstić information content (AvgIpc) is 2.27. The Morgan fingerprint density at radius 2 is 1.61 bits per heavy atom. The molecule has 1 atom stereocenters. The van der Waals surface area contributed by atoms with Gasteiger partial charge >= 0.3 is 5.97 Å². The summed E-state index contributed by atoms with van der Waals surface area (Å²) in [5, 5.41) is 10.0. The van der Waals surface area contributed by atoms with Crippen LogP contribution in [0.4, 0.5) is 0 Å². The normalized spacial score (nSPS) is 28.6. The molecule has 1 N–H and O–H groups in total. The lowest BCUT2D eigenvalue weighted by Crippen LogP contribution is -2.40. The first-order valence-corrected chi connectivity index (χ1v) is 6.66. The molecule has 0 aromatic rings. The SMILES string of the molecule is COC(C)(O)C1CCC(C(=O)OC(C)(C)C)CC1. The summed E-state index contributed by atoms with van der Waals surface area (Å²) in [6, 6.07) is 0. The van der Waals surface area contributed by atoms with E-state index in [0.29, 0.717) is 0 Å². The molecule has 0 aliphatic heterocycles. The lowest BCUT2D eigenvalue weighted by atomic mass is 9.78. The third-order valence-corrected chi connectivity index (χ3v) is 3.64. The summed E-state index contributed by atoms with van der Waals surface area (Å²) in [5.41, 5.74) is -0.425. The van der Waals surface area contributed by atoms with E-state index in [1.165, 1.54) is 7.11 Å². The molecular weight excluding hydrogens is 232 g/mol. The minimum absolute atomic E-state index is 0.0341. The highest BCUT2D eigenvalue weighted by Gasteiger charge is 2.37. The van der Waals surface area contributed by atoms with E-state index < -0.39 is 11.4 Å². The van der Waals surface area contributed by atoms with Crippen molar-refractivity contribution in [1.82, 2.24) is 0 Å². The highest BCUT2D eigenvalue weighted by Crippen LogP contribution is 2.36. The van der Waals surface area contributed by atoms with Crippen LogP contribution < -0.4 is 0 Å². The van der Waals surface area contributed by atoms with E-state index in [4.69, 9.17) is 9.47 Å². The van der Waals surface area contributed by atoms with Crippen molar-refractivity contribution in [1.29, 1.82) is 0 Å². The maximum absolute atomic E-state index is 11.9. The van der Waals surface area contributed by atoms with Crippen LogP contribution in [-0.4, -0.2) is 29.6 Å². The summed E-state index contributed by atoms with van der Waals surface area (Å²) in [5.74, 6) is -1.13. The van der Waals surface area contributed by atoms with Gasteiger partial charge in [0, 0.05) is 13.0 Å². The molecule has 106 valence electrons. The monoisotopic (exact) mass is 258 g/mol. The van der Waals surface area contributed by atoms with Gasteiger partial charge in [-0.1, -0.05) is 0 Å². The Hall–Kier alpha value is -0.610. The van der Waals surface area contributed by atoms with E-state index in [-0.39, 0.29) is 17.8 Å². The molecule has 1 aliphatic rings. The largest absolute Gasteiger partial charge is 0.460 e.